The van der Waals surface area contributed by atoms with Gasteiger partial charge in [-0.3, -0.25) is 29.4 Å². The Morgan fingerprint density at radius 3 is 1.45 bits per heavy atom. The molecule has 6 rings (SSSR count). The van der Waals surface area contributed by atoms with E-state index in [9.17, 15) is 20.2 Å². The maximum Gasteiger partial charge on any atom is 0.333 e. The van der Waals surface area contributed by atoms with E-state index in [2.05, 4.69) is 29.9 Å². The molecule has 0 saturated carbocycles. The van der Waals surface area contributed by atoms with Crippen LogP contribution in [0.5, 0.6) is 0 Å². The molecule has 18 nitrogen and oxygen atoms in total. The molecule has 0 bridgehead atoms. The third-order valence-electron chi connectivity index (χ3n) is 7.17. The van der Waals surface area contributed by atoms with Crippen LogP contribution in [0, 0.1) is 34.1 Å². The van der Waals surface area contributed by atoms with Crippen LogP contribution in [-0.2, 0) is 9.47 Å². The van der Waals surface area contributed by atoms with Crippen LogP contribution in [0.25, 0.3) is 11.6 Å². The van der Waals surface area contributed by atoms with Crippen molar-refractivity contribution < 1.29 is 19.3 Å². The minimum absolute atomic E-state index is 0.109. The van der Waals surface area contributed by atoms with Crippen LogP contribution in [0.4, 0.5) is 23.3 Å². The number of hydrogen-bond donors (Lipinski definition) is 0. The van der Waals surface area contributed by atoms with Gasteiger partial charge in [-0.25, -0.2) is 19.9 Å². The normalized spacial score (nSPS) is 18.5. The number of imidazole rings is 2. The molecule has 2 aliphatic heterocycles. The van der Waals surface area contributed by atoms with Crippen molar-refractivity contribution in [2.24, 2.45) is 0 Å². The summed E-state index contributed by atoms with van der Waals surface area (Å²) in [4.78, 5) is 51.1. The summed E-state index contributed by atoms with van der Waals surface area (Å²) in [5, 5.41) is 22.7. The summed E-state index contributed by atoms with van der Waals surface area (Å²) in [6.45, 7) is 10.9. The Hall–Kier alpha value is -5.10. The maximum atomic E-state index is 11.3. The molecule has 2 aliphatic rings. The average molecular weight is 609 g/mol. The molecule has 0 unspecified atom stereocenters. The van der Waals surface area contributed by atoms with Crippen molar-refractivity contribution >= 4 is 23.3 Å². The van der Waals surface area contributed by atoms with E-state index in [-0.39, 0.29) is 35.1 Å². The predicted octanol–water partition coefficient (Wildman–Crippen LogP) is 2.21. The summed E-state index contributed by atoms with van der Waals surface area (Å²) in [6, 6.07) is 0.232. The minimum atomic E-state index is -0.461. The van der Waals surface area contributed by atoms with Gasteiger partial charge in [0.1, 0.15) is 24.0 Å². The summed E-state index contributed by atoms with van der Waals surface area (Å²) in [5.41, 5.74) is 0.445. The van der Waals surface area contributed by atoms with E-state index in [1.165, 1.54) is 21.8 Å². The first-order valence-corrected chi connectivity index (χ1v) is 13.9. The van der Waals surface area contributed by atoms with Gasteiger partial charge in [-0.1, -0.05) is 0 Å². The first kappa shape index (κ1) is 30.4. The van der Waals surface area contributed by atoms with Crippen LogP contribution in [0.1, 0.15) is 25.2 Å². The monoisotopic (exact) mass is 608 g/mol. The van der Waals surface area contributed by atoms with Gasteiger partial charge in [-0.15, -0.1) is 0 Å². The highest BCUT2D eigenvalue weighted by atomic mass is 16.6. The molecule has 2 fully saturated rings. The number of hydrogen-bond acceptors (Lipinski definition) is 14. The van der Waals surface area contributed by atoms with E-state index >= 15 is 0 Å². The zero-order chi connectivity index (χ0) is 31.4. The summed E-state index contributed by atoms with van der Waals surface area (Å²) in [7, 11) is 0. The summed E-state index contributed by atoms with van der Waals surface area (Å²) < 4.78 is 13.9. The predicted molar refractivity (Wildman–Crippen MR) is 156 cm³/mol. The lowest BCUT2D eigenvalue weighted by atomic mass is 10.2. The Morgan fingerprint density at radius 2 is 1.14 bits per heavy atom. The molecule has 6 heterocycles. The van der Waals surface area contributed by atoms with Gasteiger partial charge >= 0.3 is 11.4 Å². The van der Waals surface area contributed by atoms with Gasteiger partial charge in [0.25, 0.3) is 0 Å². The Balaban J connectivity index is 0.000000175. The zero-order valence-corrected chi connectivity index (χ0v) is 24.7. The molecule has 0 radical (unpaired) electrons. The number of anilines is 2. The molecule has 0 amide bonds. The number of nitrogens with zero attached hydrogens (tertiary/aromatic N) is 12. The summed E-state index contributed by atoms with van der Waals surface area (Å²) in [5.74, 6) is 1.40. The molecule has 0 N–H and O–H groups in total. The second-order valence-electron chi connectivity index (χ2n) is 10.3. The van der Waals surface area contributed by atoms with Crippen molar-refractivity contribution in [1.29, 1.82) is 0 Å². The fourth-order valence-electron chi connectivity index (χ4n) is 4.94. The molecular weight excluding hydrogens is 576 g/mol. The third kappa shape index (κ3) is 6.30. The van der Waals surface area contributed by atoms with Gasteiger partial charge in [-0.05, 0) is 27.7 Å². The molecule has 2 atom stereocenters. The van der Waals surface area contributed by atoms with E-state index in [0.29, 0.717) is 62.8 Å². The van der Waals surface area contributed by atoms with Gasteiger partial charge in [0.05, 0.1) is 48.4 Å². The molecule has 44 heavy (non-hydrogen) atoms. The largest absolute Gasteiger partial charge is 0.377 e. The molecule has 18 heteroatoms. The quantitative estimate of drug-likeness (QED) is 0.228. The lowest BCUT2D eigenvalue weighted by molar-refractivity contribution is -0.385. The van der Waals surface area contributed by atoms with Crippen molar-refractivity contribution in [2.75, 3.05) is 49.3 Å². The van der Waals surface area contributed by atoms with Gasteiger partial charge in [0.15, 0.2) is 0 Å². The highest BCUT2D eigenvalue weighted by Gasteiger charge is 2.29. The SMILES string of the molecule is Cc1nc(N2CCOC[C@@H]2C)nc(-n2ccnc2)c1[N+](=O)[O-].Cc1nc(N2CCOC[C@@H]2C)nc(-n2ccnc2)c1[N+](=O)[O-]. The van der Waals surface area contributed by atoms with E-state index in [1.807, 2.05) is 23.6 Å². The van der Waals surface area contributed by atoms with Crippen molar-refractivity contribution in [1.82, 2.24) is 39.0 Å². The number of morpholine rings is 2. The lowest BCUT2D eigenvalue weighted by Gasteiger charge is -2.33. The number of ether oxygens (including phenoxy) is 2. The fraction of sp³-hybridized carbons (Fsp3) is 0.462. The van der Waals surface area contributed by atoms with Gasteiger partial charge in [0, 0.05) is 37.9 Å². The van der Waals surface area contributed by atoms with Crippen molar-refractivity contribution in [3.05, 3.63) is 69.1 Å². The standard InChI is InChI=1S/2C13H16N6O3/c2*1-9-7-22-6-5-18(9)13-15-10(2)11(19(20)21)12(16-13)17-4-3-14-8-17/h2*3-4,8-9H,5-7H2,1-2H3/t2*9-/m00/s1. The molecule has 232 valence electrons. The molecule has 0 aromatic carbocycles. The number of aromatic nitrogens is 8. The Kier molecular flexibility index (Phi) is 9.00. The van der Waals surface area contributed by atoms with Crippen molar-refractivity contribution in [2.45, 2.75) is 39.8 Å². The third-order valence-corrected chi connectivity index (χ3v) is 7.17. The second kappa shape index (κ2) is 13.0. The Bertz CT molecular complexity index is 1490. The highest BCUT2D eigenvalue weighted by Crippen LogP contribution is 2.29. The molecule has 0 aliphatic carbocycles. The summed E-state index contributed by atoms with van der Waals surface area (Å²) in [6.07, 6.45) is 9.33. The van der Waals surface area contributed by atoms with Gasteiger partial charge in [0.2, 0.25) is 23.5 Å². The van der Waals surface area contributed by atoms with Crippen LogP contribution < -0.4 is 9.80 Å². The first-order chi connectivity index (χ1) is 21.2. The lowest BCUT2D eigenvalue weighted by Crippen LogP contribution is -2.44. The number of aryl methyl sites for hydroxylation is 2. The van der Waals surface area contributed by atoms with E-state index in [1.54, 1.807) is 38.6 Å². The highest BCUT2D eigenvalue weighted by molar-refractivity contribution is 5.55. The maximum absolute atomic E-state index is 11.3. The Morgan fingerprint density at radius 1 is 0.727 bits per heavy atom. The topological polar surface area (TPSA) is 198 Å². The van der Waals surface area contributed by atoms with Crippen molar-refractivity contribution in [3.8, 4) is 11.6 Å². The van der Waals surface area contributed by atoms with Crippen LogP contribution >= 0.6 is 0 Å². The van der Waals surface area contributed by atoms with Crippen LogP contribution in [-0.4, -0.2) is 100 Å². The number of rotatable bonds is 6. The average Bonchev–Trinajstić information content (AvgIpc) is 3.72. The molecule has 4 aromatic rings. The molecular formula is C26H32N12O6. The molecule has 0 spiro atoms. The van der Waals surface area contributed by atoms with Crippen LogP contribution in [0.15, 0.2) is 37.4 Å². The minimum Gasteiger partial charge on any atom is -0.377 e. The zero-order valence-electron chi connectivity index (χ0n) is 24.7. The smallest absolute Gasteiger partial charge is 0.333 e. The molecule has 2 saturated heterocycles. The second-order valence-corrected chi connectivity index (χ2v) is 10.3. The van der Waals surface area contributed by atoms with Crippen LogP contribution in [0.2, 0.25) is 0 Å². The summed E-state index contributed by atoms with van der Waals surface area (Å²) >= 11 is 0. The first-order valence-electron chi connectivity index (χ1n) is 13.9. The van der Waals surface area contributed by atoms with E-state index < -0.39 is 9.85 Å². The van der Waals surface area contributed by atoms with Gasteiger partial charge in [-0.2, -0.15) is 9.97 Å². The van der Waals surface area contributed by atoms with Crippen molar-refractivity contribution in [3.63, 3.8) is 0 Å². The fourth-order valence-corrected chi connectivity index (χ4v) is 4.94. The van der Waals surface area contributed by atoms with Gasteiger partial charge < -0.3 is 19.3 Å². The van der Waals surface area contributed by atoms with Crippen LogP contribution in [0.3, 0.4) is 0 Å². The Labute approximate surface area is 251 Å². The number of nitro groups is 2. The van der Waals surface area contributed by atoms with E-state index in [0.717, 1.165) is 0 Å². The van der Waals surface area contributed by atoms with E-state index in [4.69, 9.17) is 9.47 Å². The molecule has 4 aromatic heterocycles.